The molecule has 3 aromatic rings. The van der Waals surface area contributed by atoms with Crippen LogP contribution >= 0.6 is 0 Å². The summed E-state index contributed by atoms with van der Waals surface area (Å²) in [5.74, 6) is -20.1. The van der Waals surface area contributed by atoms with Gasteiger partial charge in [-0.25, -0.2) is 9.78 Å². The minimum absolute atomic E-state index is 0.00258. The van der Waals surface area contributed by atoms with Crippen LogP contribution in [0, 0.1) is 11.8 Å². The molecule has 41 heteroatoms. The lowest BCUT2D eigenvalue weighted by molar-refractivity contribution is -0.144. The van der Waals surface area contributed by atoms with Crippen molar-refractivity contribution in [2.75, 3.05) is 19.7 Å². The van der Waals surface area contributed by atoms with E-state index in [1.807, 2.05) is 13.8 Å². The predicted molar refractivity (Wildman–Crippen MR) is 387 cm³/mol. The molecule has 1 aromatic heterocycles. The molecule has 1 aliphatic heterocycles. The molecule has 110 heavy (non-hydrogen) atoms. The zero-order chi connectivity index (χ0) is 82.2. The highest BCUT2D eigenvalue weighted by Crippen LogP contribution is 2.22. The van der Waals surface area contributed by atoms with Crippen molar-refractivity contribution in [1.82, 2.24) is 73.4 Å². The first kappa shape index (κ1) is 90.5. The van der Waals surface area contributed by atoms with Crippen LogP contribution < -0.4 is 81.4 Å². The van der Waals surface area contributed by atoms with Crippen molar-refractivity contribution in [3.8, 4) is 5.75 Å². The molecule has 1 fully saturated rings. The smallest absolute Gasteiger partial charge is 0.326 e. The molecule has 0 radical (unpaired) electrons. The van der Waals surface area contributed by atoms with E-state index in [2.05, 4.69) is 73.4 Å². The van der Waals surface area contributed by atoms with Crippen molar-refractivity contribution < 1.29 is 107 Å². The van der Waals surface area contributed by atoms with E-state index in [4.69, 9.17) is 22.9 Å². The summed E-state index contributed by atoms with van der Waals surface area (Å²) in [5.41, 5.74) is 23.3. The molecule has 0 bridgehead atoms. The topological polar surface area (TPSA) is 675 Å². The number of imidazole rings is 1. The Hall–Kier alpha value is -11.9. The Morgan fingerprint density at radius 1 is 0.564 bits per heavy atom. The highest BCUT2D eigenvalue weighted by Gasteiger charge is 2.42. The first-order valence-electron chi connectivity index (χ1n) is 35.3. The van der Waals surface area contributed by atoms with Gasteiger partial charge in [-0.3, -0.25) is 76.9 Å². The van der Waals surface area contributed by atoms with Crippen molar-refractivity contribution >= 4 is 101 Å². The molecule has 1 saturated heterocycles. The van der Waals surface area contributed by atoms with E-state index in [1.54, 1.807) is 30.3 Å². The number of carboxylic acid groups (broad SMARTS) is 3. The van der Waals surface area contributed by atoms with Gasteiger partial charge < -0.3 is 122 Å². The number of aliphatic carboxylic acids is 3. The van der Waals surface area contributed by atoms with Gasteiger partial charge >= 0.3 is 17.9 Å². The van der Waals surface area contributed by atoms with E-state index < -0.39 is 224 Å². The lowest BCUT2D eigenvalue weighted by Gasteiger charge is -2.31. The molecule has 26 N–H and O–H groups in total. The summed E-state index contributed by atoms with van der Waals surface area (Å²) in [7, 11) is 0. The maximum absolute atomic E-state index is 14.8. The second-order valence-electron chi connectivity index (χ2n) is 27.1. The number of H-pyrrole nitrogens is 1. The fourth-order valence-electron chi connectivity index (χ4n) is 11.4. The Bertz CT molecular complexity index is 3730. The first-order chi connectivity index (χ1) is 51.8. The quantitative estimate of drug-likeness (QED) is 0.0142. The number of aliphatic hydroxyl groups is 2. The number of likely N-dealkylation sites (tertiary alicyclic amines) is 1. The van der Waals surface area contributed by atoms with Crippen LogP contribution in [-0.2, 0) is 96.0 Å². The number of rotatable bonds is 46. The monoisotopic (exact) mass is 1550 g/mol. The van der Waals surface area contributed by atoms with Crippen molar-refractivity contribution in [1.29, 1.82) is 0 Å². The standard InChI is InChI=1S/C69H101N19O22/c1-33(2)24-41(70)57(98)78-42(14-10-22-75-69(72)73)58(99)87-55(36(6)90)66(107)77-35(5)56(97)85-49(31-89)63(104)79-43(20-21-52(93)94)67(108)88-23-11-15-50(88)64(105)82-44(25-38-16-18-40(91)19-17-38)59(100)80-45(27-39-30-74-32-76-39)62(103)86-54(34(3)4)65(106)83-47(29-53(95)96)61(102)81-46(28-51(71)92)60(101)84-48(68(109)110)26-37-12-8-7-9-13-37/h7-9,12-13,16-19,30,32-36,41-50,54-55,89-91H,10-11,14-15,20-29,31,70H2,1-6H3,(H2,71,92)(H,74,76)(H,77,107)(H,78,98)(H,79,104)(H,80,100)(H,81,102)(H,82,105)(H,83,106)(H,84,101)(H,85,97)(H,86,103)(H,87,99)(H,93,94)(H,95,96)(H,109,110)(H4,72,73,75)/t35-,36+,41-,42-,43-,44-,45-,46-,47-,48-,49-,50-,54-,55-/m0/s1. The molecule has 14 atom stereocenters. The number of carbonyl (C=O) groups is 16. The van der Waals surface area contributed by atoms with E-state index in [0.29, 0.717) is 11.1 Å². The molecule has 41 nitrogen and oxygen atoms in total. The van der Waals surface area contributed by atoms with Crippen molar-refractivity contribution in [2.24, 2.45) is 39.8 Å². The van der Waals surface area contributed by atoms with Crippen LogP contribution in [0.5, 0.6) is 5.75 Å². The third-order valence-corrected chi connectivity index (χ3v) is 17.2. The van der Waals surface area contributed by atoms with Crippen LogP contribution in [-0.4, -0.2) is 251 Å². The number of carbonyl (C=O) groups excluding carboxylic acids is 13. The van der Waals surface area contributed by atoms with E-state index >= 15 is 0 Å². The molecule has 4 rings (SSSR count). The van der Waals surface area contributed by atoms with Gasteiger partial charge in [0.05, 0.1) is 37.9 Å². The number of nitrogens with zero attached hydrogens (tertiary/aromatic N) is 3. The average Bonchev–Trinajstić information content (AvgIpc) is 1.59. The number of benzene rings is 2. The average molecular weight is 1550 g/mol. The number of nitrogens with two attached hydrogens (primary N) is 4. The lowest BCUT2D eigenvalue weighted by Crippen LogP contribution is -2.62. The molecule has 0 saturated carbocycles. The summed E-state index contributed by atoms with van der Waals surface area (Å²) in [6, 6.07) is -7.98. The number of guanidine groups is 1. The molecule has 0 spiro atoms. The van der Waals surface area contributed by atoms with Gasteiger partial charge in [0, 0.05) is 50.7 Å². The van der Waals surface area contributed by atoms with E-state index in [0.717, 1.165) is 18.7 Å². The van der Waals surface area contributed by atoms with Gasteiger partial charge in [0.25, 0.3) is 0 Å². The Morgan fingerprint density at radius 3 is 1.65 bits per heavy atom. The number of aromatic amines is 1. The summed E-state index contributed by atoms with van der Waals surface area (Å²) in [4.78, 5) is 228. The third kappa shape index (κ3) is 30.4. The van der Waals surface area contributed by atoms with Gasteiger partial charge in [-0.05, 0) is 87.5 Å². The van der Waals surface area contributed by atoms with Gasteiger partial charge in [0.1, 0.15) is 78.3 Å². The van der Waals surface area contributed by atoms with Crippen molar-refractivity contribution in [3.63, 3.8) is 0 Å². The summed E-state index contributed by atoms with van der Waals surface area (Å²) in [5, 5.41) is 86.8. The van der Waals surface area contributed by atoms with Gasteiger partial charge in [-0.1, -0.05) is 70.2 Å². The second-order valence-corrected chi connectivity index (χ2v) is 27.1. The normalized spacial score (nSPS) is 16.1. The molecule has 604 valence electrons. The Balaban J connectivity index is 1.55. The molecule has 0 unspecified atom stereocenters. The number of hydrogen-bond donors (Lipinski definition) is 22. The zero-order valence-electron chi connectivity index (χ0n) is 61.6. The molecule has 1 aliphatic rings. The summed E-state index contributed by atoms with van der Waals surface area (Å²) in [6.45, 7) is 7.53. The zero-order valence-corrected chi connectivity index (χ0v) is 61.6. The van der Waals surface area contributed by atoms with Gasteiger partial charge in [-0.2, -0.15) is 0 Å². The van der Waals surface area contributed by atoms with E-state index in [-0.39, 0.29) is 81.4 Å². The number of aromatic hydroxyl groups is 1. The fraction of sp³-hybridized carbons (Fsp3) is 0.536. The molecule has 0 aliphatic carbocycles. The predicted octanol–water partition coefficient (Wildman–Crippen LogP) is -6.76. The van der Waals surface area contributed by atoms with E-state index in [9.17, 15) is 107 Å². The number of phenolic OH excluding ortho intramolecular Hbond substituents is 1. The van der Waals surface area contributed by atoms with Crippen LogP contribution in [0.4, 0.5) is 0 Å². The highest BCUT2D eigenvalue weighted by molar-refractivity contribution is 6.01. The minimum atomic E-state index is -2.04. The van der Waals surface area contributed by atoms with E-state index in [1.165, 1.54) is 50.6 Å². The molecule has 2 heterocycles. The Kier molecular flexibility index (Phi) is 36.6. The van der Waals surface area contributed by atoms with Crippen LogP contribution in [0.1, 0.15) is 116 Å². The molecule has 13 amide bonds. The maximum Gasteiger partial charge on any atom is 0.326 e. The number of aliphatic imine (C=N–C) groups is 1. The Labute approximate surface area is 631 Å². The number of phenols is 1. The van der Waals surface area contributed by atoms with Crippen molar-refractivity contribution in [2.45, 2.75) is 203 Å². The number of carboxylic acids is 3. The fourth-order valence-corrected chi connectivity index (χ4v) is 11.4. The number of aliphatic hydroxyl groups excluding tert-OH is 2. The summed E-state index contributed by atoms with van der Waals surface area (Å²) >= 11 is 0. The van der Waals surface area contributed by atoms with Gasteiger partial charge in [-0.15, -0.1) is 0 Å². The Morgan fingerprint density at radius 2 is 1.08 bits per heavy atom. The maximum atomic E-state index is 14.8. The summed E-state index contributed by atoms with van der Waals surface area (Å²) in [6.07, 6.45) is -3.17. The minimum Gasteiger partial charge on any atom is -0.508 e. The highest BCUT2D eigenvalue weighted by atomic mass is 16.4. The molecule has 2 aromatic carbocycles. The number of hydrogen-bond acceptors (Lipinski definition) is 22. The van der Waals surface area contributed by atoms with Gasteiger partial charge in [0.15, 0.2) is 5.96 Å². The van der Waals surface area contributed by atoms with Crippen LogP contribution in [0.2, 0.25) is 0 Å². The van der Waals surface area contributed by atoms with Crippen LogP contribution in [0.3, 0.4) is 0 Å². The van der Waals surface area contributed by atoms with Crippen LogP contribution in [0.15, 0.2) is 72.1 Å². The lowest BCUT2D eigenvalue weighted by atomic mass is 10.0. The number of amides is 13. The van der Waals surface area contributed by atoms with Gasteiger partial charge in [0.2, 0.25) is 76.8 Å². The largest absolute Gasteiger partial charge is 0.508 e. The number of primary amides is 1. The SMILES string of the molecule is CC(C)C[C@H](N)C(=O)N[C@@H](CCCN=C(N)N)C(=O)N[C@H](C(=O)N[C@@H](C)C(=O)N[C@@H](CO)C(=O)N[C@@H](CCC(=O)O)C(=O)N1CCC[C@H]1C(=O)N[C@@H](Cc1ccc(O)cc1)C(=O)N[C@@H](Cc1cnc[nH]1)C(=O)N[C@H](C(=O)N[C@@H](CC(=O)O)C(=O)N[C@@H](CC(N)=O)C(=O)N[C@@H](Cc1ccccc1)C(=O)O)C(C)C)[C@@H](C)O. The number of aromatic nitrogens is 2. The molecular weight excluding hydrogens is 1450 g/mol. The van der Waals surface area contributed by atoms with Crippen LogP contribution in [0.25, 0.3) is 0 Å². The summed E-state index contributed by atoms with van der Waals surface area (Å²) < 4.78 is 0. The van der Waals surface area contributed by atoms with Crippen molar-refractivity contribution in [3.05, 3.63) is 83.9 Å². The first-order valence-corrected chi connectivity index (χ1v) is 35.3. The third-order valence-electron chi connectivity index (χ3n) is 17.2. The number of nitrogens with one attached hydrogen (secondary N) is 12. The molecular formula is C69H101N19O22. The second kappa shape index (κ2) is 44.4.